The van der Waals surface area contributed by atoms with Crippen LogP contribution >= 0.6 is 24.0 Å². The number of aromatic nitrogens is 1. The van der Waals surface area contributed by atoms with Gasteiger partial charge in [-0.25, -0.2) is 9.98 Å². The third-order valence-electron chi connectivity index (χ3n) is 3.82. The first-order chi connectivity index (χ1) is 13.8. The first kappa shape index (κ1) is 25.0. The van der Waals surface area contributed by atoms with Crippen molar-refractivity contribution in [3.8, 4) is 11.6 Å². The van der Waals surface area contributed by atoms with Gasteiger partial charge in [-0.2, -0.15) is 0 Å². The van der Waals surface area contributed by atoms with Crippen molar-refractivity contribution in [3.63, 3.8) is 0 Å². The summed E-state index contributed by atoms with van der Waals surface area (Å²) in [4.78, 5) is 8.93. The predicted octanol–water partition coefficient (Wildman–Crippen LogP) is 3.38. The molecule has 0 spiro atoms. The summed E-state index contributed by atoms with van der Waals surface area (Å²) in [5.74, 6) is 2.22. The normalized spacial score (nSPS) is 10.8. The van der Waals surface area contributed by atoms with Crippen LogP contribution < -0.4 is 20.1 Å². The van der Waals surface area contributed by atoms with Gasteiger partial charge in [-0.3, -0.25) is 0 Å². The lowest BCUT2D eigenvalue weighted by molar-refractivity contribution is 0.143. The van der Waals surface area contributed by atoms with E-state index in [2.05, 4.69) is 20.6 Å². The zero-order valence-corrected chi connectivity index (χ0v) is 19.6. The van der Waals surface area contributed by atoms with Crippen LogP contribution in [0.2, 0.25) is 0 Å². The van der Waals surface area contributed by atoms with Crippen LogP contribution in [0.4, 0.5) is 0 Å². The molecule has 8 heteroatoms. The van der Waals surface area contributed by atoms with Crippen LogP contribution in [-0.2, 0) is 17.8 Å². The van der Waals surface area contributed by atoms with Gasteiger partial charge in [0.2, 0.25) is 5.88 Å². The molecule has 1 heterocycles. The molecule has 2 aromatic rings. The second-order valence-corrected chi connectivity index (χ2v) is 5.94. The molecule has 0 aliphatic carbocycles. The van der Waals surface area contributed by atoms with E-state index in [1.165, 1.54) is 0 Å². The number of methoxy groups -OCH3 is 1. The van der Waals surface area contributed by atoms with Gasteiger partial charge in [0.05, 0.1) is 19.8 Å². The first-order valence-corrected chi connectivity index (χ1v) is 9.56. The Morgan fingerprint density at radius 3 is 2.55 bits per heavy atom. The zero-order valence-electron chi connectivity index (χ0n) is 17.3. The number of aliphatic imine (C=N–C) groups is 1. The maximum absolute atomic E-state index is 5.68. The summed E-state index contributed by atoms with van der Waals surface area (Å²) in [7, 11) is 1.64. The topological polar surface area (TPSA) is 77.0 Å². The van der Waals surface area contributed by atoms with Crippen molar-refractivity contribution >= 4 is 29.9 Å². The number of ether oxygens (including phenoxy) is 3. The van der Waals surface area contributed by atoms with Crippen molar-refractivity contribution in [1.29, 1.82) is 0 Å². The highest BCUT2D eigenvalue weighted by Gasteiger charge is 2.04. The largest absolute Gasteiger partial charge is 0.494 e. The smallest absolute Gasteiger partial charge is 0.213 e. The molecule has 7 nitrogen and oxygen atoms in total. The van der Waals surface area contributed by atoms with Crippen molar-refractivity contribution in [2.75, 3.05) is 33.5 Å². The minimum Gasteiger partial charge on any atom is -0.494 e. The Kier molecular flexibility index (Phi) is 12.8. The number of para-hydroxylation sites is 1. The summed E-state index contributed by atoms with van der Waals surface area (Å²) in [5, 5.41) is 6.61. The van der Waals surface area contributed by atoms with Gasteiger partial charge in [-0.1, -0.05) is 24.3 Å². The number of hydrogen-bond donors (Lipinski definition) is 2. The minimum absolute atomic E-state index is 0. The molecule has 0 radical (unpaired) electrons. The molecular weight excluding hydrogens is 483 g/mol. The molecule has 0 saturated heterocycles. The average molecular weight is 514 g/mol. The Morgan fingerprint density at radius 1 is 1.03 bits per heavy atom. The summed E-state index contributed by atoms with van der Waals surface area (Å²) in [6.45, 7) is 7.63. The number of hydrogen-bond acceptors (Lipinski definition) is 5. The lowest BCUT2D eigenvalue weighted by Gasteiger charge is -2.14. The number of guanidine groups is 1. The van der Waals surface area contributed by atoms with Gasteiger partial charge < -0.3 is 24.8 Å². The molecule has 2 rings (SSSR count). The SMILES string of the molecule is CCNC(=NCc1ccc(OCCOC)nc1)NCc1ccccc1OCC.I. The Balaban J connectivity index is 0.00000420. The lowest BCUT2D eigenvalue weighted by atomic mass is 10.2. The van der Waals surface area contributed by atoms with Gasteiger partial charge in [0.15, 0.2) is 5.96 Å². The summed E-state index contributed by atoms with van der Waals surface area (Å²) in [6, 6.07) is 11.8. The molecule has 160 valence electrons. The molecule has 1 aromatic heterocycles. The second kappa shape index (κ2) is 14.9. The Morgan fingerprint density at radius 2 is 1.86 bits per heavy atom. The maximum atomic E-state index is 5.68. The van der Waals surface area contributed by atoms with E-state index < -0.39 is 0 Å². The Labute approximate surface area is 190 Å². The molecule has 0 aliphatic rings. The number of nitrogens with zero attached hydrogens (tertiary/aromatic N) is 2. The molecule has 0 unspecified atom stereocenters. The van der Waals surface area contributed by atoms with Crippen LogP contribution in [0.5, 0.6) is 11.6 Å². The summed E-state index contributed by atoms with van der Waals surface area (Å²) in [5.41, 5.74) is 2.10. The molecule has 0 aliphatic heterocycles. The van der Waals surface area contributed by atoms with Crippen LogP contribution in [-0.4, -0.2) is 44.4 Å². The van der Waals surface area contributed by atoms with E-state index in [9.17, 15) is 0 Å². The van der Waals surface area contributed by atoms with E-state index in [1.54, 1.807) is 13.3 Å². The van der Waals surface area contributed by atoms with Crippen LogP contribution in [0.3, 0.4) is 0 Å². The molecule has 29 heavy (non-hydrogen) atoms. The van der Waals surface area contributed by atoms with Crippen LogP contribution in [0, 0.1) is 0 Å². The van der Waals surface area contributed by atoms with Crippen molar-refractivity contribution in [2.45, 2.75) is 26.9 Å². The van der Waals surface area contributed by atoms with E-state index >= 15 is 0 Å². The molecule has 0 bridgehead atoms. The average Bonchev–Trinajstić information content (AvgIpc) is 2.72. The maximum Gasteiger partial charge on any atom is 0.213 e. The molecule has 2 N–H and O–H groups in total. The van der Waals surface area contributed by atoms with Crippen molar-refractivity contribution in [2.24, 2.45) is 4.99 Å². The third-order valence-corrected chi connectivity index (χ3v) is 3.82. The van der Waals surface area contributed by atoms with Gasteiger partial charge in [0.25, 0.3) is 0 Å². The van der Waals surface area contributed by atoms with Crippen molar-refractivity contribution < 1.29 is 14.2 Å². The fourth-order valence-corrected chi connectivity index (χ4v) is 2.46. The van der Waals surface area contributed by atoms with Crippen LogP contribution in [0.1, 0.15) is 25.0 Å². The van der Waals surface area contributed by atoms with E-state index in [0.29, 0.717) is 38.8 Å². The predicted molar refractivity (Wildman–Crippen MR) is 126 cm³/mol. The minimum atomic E-state index is 0. The van der Waals surface area contributed by atoms with E-state index in [0.717, 1.165) is 29.4 Å². The fraction of sp³-hybridized carbons (Fsp3) is 0.429. The lowest BCUT2D eigenvalue weighted by Crippen LogP contribution is -2.36. The number of halogens is 1. The summed E-state index contributed by atoms with van der Waals surface area (Å²) in [6.07, 6.45) is 1.78. The second-order valence-electron chi connectivity index (χ2n) is 5.94. The highest BCUT2D eigenvalue weighted by Crippen LogP contribution is 2.17. The van der Waals surface area contributed by atoms with Gasteiger partial charge in [-0.15, -0.1) is 24.0 Å². The van der Waals surface area contributed by atoms with Crippen LogP contribution in [0.25, 0.3) is 0 Å². The molecule has 0 fully saturated rings. The van der Waals surface area contributed by atoms with Gasteiger partial charge in [0, 0.05) is 38.0 Å². The molecule has 0 atom stereocenters. The van der Waals surface area contributed by atoms with Gasteiger partial charge >= 0.3 is 0 Å². The van der Waals surface area contributed by atoms with Gasteiger partial charge in [0.1, 0.15) is 12.4 Å². The molecule has 0 saturated carbocycles. The number of pyridine rings is 1. The Hall–Kier alpha value is -2.07. The standard InChI is InChI=1S/C21H30N4O3.HI/c1-4-22-21(25-16-18-8-6-7-9-19(18)27-5-2)24-15-17-10-11-20(23-14-17)28-13-12-26-3;/h6-11,14H,4-5,12-13,15-16H2,1-3H3,(H2,22,24,25);1H. The highest BCUT2D eigenvalue weighted by atomic mass is 127. The van der Waals surface area contributed by atoms with Crippen LogP contribution in [0.15, 0.2) is 47.6 Å². The number of nitrogens with one attached hydrogen (secondary N) is 2. The molecule has 0 amide bonds. The molecule has 1 aromatic carbocycles. The summed E-state index contributed by atoms with van der Waals surface area (Å²) < 4.78 is 16.1. The zero-order chi connectivity index (χ0) is 20.0. The van der Waals surface area contributed by atoms with E-state index in [-0.39, 0.29) is 24.0 Å². The van der Waals surface area contributed by atoms with E-state index in [1.807, 2.05) is 50.2 Å². The van der Waals surface area contributed by atoms with Crippen molar-refractivity contribution in [3.05, 3.63) is 53.7 Å². The summed E-state index contributed by atoms with van der Waals surface area (Å²) >= 11 is 0. The highest BCUT2D eigenvalue weighted by molar-refractivity contribution is 14.0. The van der Waals surface area contributed by atoms with Crippen molar-refractivity contribution in [1.82, 2.24) is 15.6 Å². The molecular formula is C21H31IN4O3. The van der Waals surface area contributed by atoms with E-state index in [4.69, 9.17) is 14.2 Å². The fourth-order valence-electron chi connectivity index (χ4n) is 2.46. The number of benzene rings is 1. The monoisotopic (exact) mass is 514 g/mol. The third kappa shape index (κ3) is 9.31. The number of rotatable bonds is 11. The quantitative estimate of drug-likeness (QED) is 0.207. The first-order valence-electron chi connectivity index (χ1n) is 9.56. The Bertz CT molecular complexity index is 726. The van der Waals surface area contributed by atoms with Gasteiger partial charge in [-0.05, 0) is 25.5 Å².